The van der Waals surface area contributed by atoms with Crippen LogP contribution in [0.25, 0.3) is 22.0 Å². The lowest BCUT2D eigenvalue weighted by Gasteiger charge is -2.12. The zero-order valence-corrected chi connectivity index (χ0v) is 20.1. The maximum Gasteiger partial charge on any atom is 0.241 e. The number of carbonyl (C=O) groups is 1. The van der Waals surface area contributed by atoms with E-state index in [4.69, 9.17) is 11.1 Å². The molecule has 1 heterocycles. The number of fused-ring (bicyclic) bond motifs is 1. The number of carbonyl (C=O) groups excluding carboxylic acids is 1. The van der Waals surface area contributed by atoms with Crippen LogP contribution in [0.15, 0.2) is 77.8 Å². The summed E-state index contributed by atoms with van der Waals surface area (Å²) in [5.41, 5.74) is 9.78. The second-order valence-electron chi connectivity index (χ2n) is 8.18. The van der Waals surface area contributed by atoms with Crippen molar-refractivity contribution < 1.29 is 13.2 Å². The molecule has 9 heteroatoms. The quantitative estimate of drug-likeness (QED) is 0.179. The molecule has 35 heavy (non-hydrogen) atoms. The second-order valence-corrected chi connectivity index (χ2v) is 9.92. The second kappa shape index (κ2) is 10.1. The fourth-order valence-electron chi connectivity index (χ4n) is 3.86. The summed E-state index contributed by atoms with van der Waals surface area (Å²) >= 11 is 0. The number of rotatable bonds is 9. The number of amidine groups is 1. The SMILES string of the molecule is CCCNS(=O)(=O)c1ccccc1-c1ccc(NC(=O)Cc2c[nH]c3ccc(C(=N)N)cc23)cc1. The summed E-state index contributed by atoms with van der Waals surface area (Å²) < 4.78 is 28.0. The number of benzene rings is 3. The minimum absolute atomic E-state index is 0.0286. The molecule has 180 valence electrons. The van der Waals surface area contributed by atoms with E-state index < -0.39 is 10.0 Å². The van der Waals surface area contributed by atoms with Crippen LogP contribution >= 0.6 is 0 Å². The molecule has 4 aromatic rings. The van der Waals surface area contributed by atoms with Gasteiger partial charge in [-0.05, 0) is 53.9 Å². The summed E-state index contributed by atoms with van der Waals surface area (Å²) in [5.74, 6) is -0.224. The van der Waals surface area contributed by atoms with E-state index in [-0.39, 0.29) is 23.1 Å². The highest BCUT2D eigenvalue weighted by atomic mass is 32.2. The van der Waals surface area contributed by atoms with Crippen molar-refractivity contribution in [3.05, 3.63) is 84.1 Å². The Hall–Kier alpha value is -3.95. The molecule has 0 aliphatic carbocycles. The summed E-state index contributed by atoms with van der Waals surface area (Å²) in [6.45, 7) is 2.28. The molecular weight excluding hydrogens is 462 g/mol. The first-order chi connectivity index (χ1) is 16.8. The van der Waals surface area contributed by atoms with Crippen LogP contribution in [0.5, 0.6) is 0 Å². The minimum Gasteiger partial charge on any atom is -0.384 e. The Morgan fingerprint density at radius 2 is 1.80 bits per heavy atom. The molecule has 0 atom stereocenters. The van der Waals surface area contributed by atoms with E-state index in [0.29, 0.717) is 29.8 Å². The van der Waals surface area contributed by atoms with Crippen molar-refractivity contribution in [2.45, 2.75) is 24.7 Å². The maximum absolute atomic E-state index is 12.7. The van der Waals surface area contributed by atoms with Gasteiger partial charge in [0.2, 0.25) is 15.9 Å². The highest BCUT2D eigenvalue weighted by molar-refractivity contribution is 7.89. The summed E-state index contributed by atoms with van der Waals surface area (Å²) in [5, 5.41) is 11.4. The van der Waals surface area contributed by atoms with Crippen molar-refractivity contribution in [3.63, 3.8) is 0 Å². The predicted molar refractivity (Wildman–Crippen MR) is 139 cm³/mol. The van der Waals surface area contributed by atoms with Gasteiger partial charge in [-0.15, -0.1) is 0 Å². The molecule has 8 nitrogen and oxygen atoms in total. The first-order valence-electron chi connectivity index (χ1n) is 11.2. The third-order valence-electron chi connectivity index (χ3n) is 5.63. The number of aromatic amines is 1. The fraction of sp³-hybridized carbons (Fsp3) is 0.154. The first kappa shape index (κ1) is 24.2. The molecule has 1 aromatic heterocycles. The third-order valence-corrected chi connectivity index (χ3v) is 7.15. The Balaban J connectivity index is 1.50. The van der Waals surface area contributed by atoms with Gasteiger partial charge in [-0.3, -0.25) is 10.2 Å². The molecule has 1 amide bonds. The van der Waals surface area contributed by atoms with Crippen molar-refractivity contribution >= 4 is 38.4 Å². The average molecular weight is 490 g/mol. The standard InChI is InChI=1S/C26H27N5O3S/c1-2-13-30-35(33,34)24-6-4-3-5-21(24)17-7-10-20(11-8-17)31-25(32)15-19-16-29-23-12-9-18(26(27)28)14-22(19)23/h3-12,14,16,29-30H,2,13,15H2,1H3,(H3,27,28)(H,31,32). The zero-order valence-electron chi connectivity index (χ0n) is 19.3. The van der Waals surface area contributed by atoms with Crippen LogP contribution in [0.1, 0.15) is 24.5 Å². The van der Waals surface area contributed by atoms with Crippen molar-refractivity contribution in [2.75, 3.05) is 11.9 Å². The number of nitrogens with two attached hydrogens (primary N) is 1. The number of hydrogen-bond acceptors (Lipinski definition) is 4. The molecule has 0 bridgehead atoms. The summed E-state index contributed by atoms with van der Waals surface area (Å²) in [6.07, 6.45) is 2.63. The molecule has 0 spiro atoms. The Bertz CT molecular complexity index is 1490. The van der Waals surface area contributed by atoms with Gasteiger partial charge in [-0.25, -0.2) is 13.1 Å². The lowest BCUT2D eigenvalue weighted by molar-refractivity contribution is -0.115. The van der Waals surface area contributed by atoms with Crippen molar-refractivity contribution in [3.8, 4) is 11.1 Å². The van der Waals surface area contributed by atoms with Crippen LogP contribution in [0.2, 0.25) is 0 Å². The number of aromatic nitrogens is 1. The van der Waals surface area contributed by atoms with E-state index >= 15 is 0 Å². The van der Waals surface area contributed by atoms with Crippen LogP contribution in [0, 0.1) is 5.41 Å². The summed E-state index contributed by atoms with van der Waals surface area (Å²) in [4.78, 5) is 16.1. The van der Waals surface area contributed by atoms with Crippen LogP contribution < -0.4 is 15.8 Å². The lowest BCUT2D eigenvalue weighted by atomic mass is 10.0. The summed E-state index contributed by atoms with van der Waals surface area (Å²) in [6, 6.07) is 19.3. The Labute approximate surface area is 204 Å². The topological polar surface area (TPSA) is 141 Å². The van der Waals surface area contributed by atoms with Crippen LogP contribution in [0.3, 0.4) is 0 Å². The molecule has 0 saturated carbocycles. The van der Waals surface area contributed by atoms with Crippen molar-refractivity contribution in [1.82, 2.24) is 9.71 Å². The number of H-pyrrole nitrogens is 1. The normalized spacial score (nSPS) is 11.5. The van der Waals surface area contributed by atoms with Gasteiger partial charge in [0.25, 0.3) is 0 Å². The third kappa shape index (κ3) is 5.42. The van der Waals surface area contributed by atoms with E-state index in [0.717, 1.165) is 22.0 Å². The molecule has 0 unspecified atom stereocenters. The smallest absolute Gasteiger partial charge is 0.241 e. The molecule has 0 fully saturated rings. The number of sulfonamides is 1. The molecule has 6 N–H and O–H groups in total. The molecule has 0 radical (unpaired) electrons. The van der Waals surface area contributed by atoms with E-state index in [9.17, 15) is 13.2 Å². The van der Waals surface area contributed by atoms with E-state index in [2.05, 4.69) is 15.0 Å². The molecule has 0 aliphatic rings. The Morgan fingerprint density at radius 1 is 1.06 bits per heavy atom. The zero-order chi connectivity index (χ0) is 25.0. The predicted octanol–water partition coefficient (Wildman–Crippen LogP) is 3.99. The molecule has 4 rings (SSSR count). The Kier molecular flexibility index (Phi) is 6.99. The molecule has 0 saturated heterocycles. The number of nitrogens with one attached hydrogen (secondary N) is 4. The van der Waals surface area contributed by atoms with Crippen LogP contribution in [-0.4, -0.2) is 31.7 Å². The number of hydrogen-bond donors (Lipinski definition) is 5. The largest absolute Gasteiger partial charge is 0.384 e. The van der Waals surface area contributed by atoms with E-state index in [1.165, 1.54) is 0 Å². The molecular formula is C26H27N5O3S. The summed E-state index contributed by atoms with van der Waals surface area (Å²) in [7, 11) is -3.63. The Morgan fingerprint density at radius 3 is 2.51 bits per heavy atom. The minimum atomic E-state index is -3.63. The maximum atomic E-state index is 12.7. The molecule has 3 aromatic carbocycles. The number of amides is 1. The van der Waals surface area contributed by atoms with Gasteiger partial charge < -0.3 is 16.0 Å². The van der Waals surface area contributed by atoms with Gasteiger partial charge in [0, 0.05) is 40.5 Å². The van der Waals surface area contributed by atoms with Gasteiger partial charge in [0.1, 0.15) is 5.84 Å². The fourth-order valence-corrected chi connectivity index (χ4v) is 5.22. The lowest BCUT2D eigenvalue weighted by Crippen LogP contribution is -2.24. The van der Waals surface area contributed by atoms with E-state index in [1.54, 1.807) is 66.9 Å². The first-order valence-corrected chi connectivity index (χ1v) is 12.7. The van der Waals surface area contributed by atoms with Crippen LogP contribution in [0.4, 0.5) is 5.69 Å². The monoisotopic (exact) mass is 489 g/mol. The van der Waals surface area contributed by atoms with Gasteiger partial charge in [0.15, 0.2) is 0 Å². The van der Waals surface area contributed by atoms with E-state index in [1.807, 2.05) is 13.0 Å². The average Bonchev–Trinajstić information content (AvgIpc) is 3.25. The van der Waals surface area contributed by atoms with Crippen molar-refractivity contribution in [1.29, 1.82) is 5.41 Å². The highest BCUT2D eigenvalue weighted by Crippen LogP contribution is 2.28. The number of anilines is 1. The van der Waals surface area contributed by atoms with Gasteiger partial charge in [-0.1, -0.05) is 37.3 Å². The van der Waals surface area contributed by atoms with Gasteiger partial charge >= 0.3 is 0 Å². The van der Waals surface area contributed by atoms with Gasteiger partial charge in [-0.2, -0.15) is 0 Å². The number of nitrogen functional groups attached to an aromatic ring is 1. The highest BCUT2D eigenvalue weighted by Gasteiger charge is 2.18. The molecule has 0 aliphatic heterocycles. The van der Waals surface area contributed by atoms with Gasteiger partial charge in [0.05, 0.1) is 11.3 Å². The van der Waals surface area contributed by atoms with Crippen LogP contribution in [-0.2, 0) is 21.2 Å². The van der Waals surface area contributed by atoms with Crippen molar-refractivity contribution in [2.24, 2.45) is 5.73 Å².